The Hall–Kier alpha value is -0.820. The van der Waals surface area contributed by atoms with Gasteiger partial charge in [-0.1, -0.05) is 30.4 Å². The van der Waals surface area contributed by atoms with Crippen LogP contribution in [0.1, 0.15) is 20.3 Å². The third-order valence-corrected chi connectivity index (χ3v) is 1.72. The quantitative estimate of drug-likeness (QED) is 0.618. The Morgan fingerprint density at radius 3 is 2.50 bits per heavy atom. The van der Waals surface area contributed by atoms with Gasteiger partial charge in [-0.05, 0) is 39.4 Å². The lowest BCUT2D eigenvalue weighted by atomic mass is 10.1. The Labute approximate surface area is 75.9 Å². The fourth-order valence-corrected chi connectivity index (χ4v) is 0.944. The third kappa shape index (κ3) is 4.91. The summed E-state index contributed by atoms with van der Waals surface area (Å²) in [4.78, 5) is 0. The van der Waals surface area contributed by atoms with Crippen LogP contribution >= 0.6 is 0 Å². The lowest BCUT2D eigenvalue weighted by Gasteiger charge is -2.03. The Morgan fingerprint density at radius 1 is 1.42 bits per heavy atom. The monoisotopic (exact) mass is 165 g/mol. The van der Waals surface area contributed by atoms with Crippen LogP contribution in [0.2, 0.25) is 0 Å². The van der Waals surface area contributed by atoms with Gasteiger partial charge in [0.05, 0.1) is 0 Å². The van der Waals surface area contributed by atoms with Crippen molar-refractivity contribution in [2.24, 2.45) is 0 Å². The van der Waals surface area contributed by atoms with E-state index in [0.717, 1.165) is 13.0 Å². The maximum atomic E-state index is 3.65. The van der Waals surface area contributed by atoms with Crippen molar-refractivity contribution in [2.45, 2.75) is 20.3 Å². The molecule has 0 aliphatic carbocycles. The molecule has 12 heavy (non-hydrogen) atoms. The number of hydrogen-bond acceptors (Lipinski definition) is 1. The highest BCUT2D eigenvalue weighted by Crippen LogP contribution is 2.08. The van der Waals surface area contributed by atoms with Gasteiger partial charge in [-0.3, -0.25) is 0 Å². The highest BCUT2D eigenvalue weighted by atomic mass is 14.8. The molecule has 0 bridgehead atoms. The Balaban J connectivity index is 4.16. The summed E-state index contributed by atoms with van der Waals surface area (Å²) in [6.07, 6.45) is 7.00. The van der Waals surface area contributed by atoms with Gasteiger partial charge in [0.15, 0.2) is 0 Å². The van der Waals surface area contributed by atoms with Crippen molar-refractivity contribution in [2.75, 3.05) is 13.6 Å². The average molecular weight is 165 g/mol. The second kappa shape index (κ2) is 6.86. The van der Waals surface area contributed by atoms with Crippen molar-refractivity contribution in [1.82, 2.24) is 5.32 Å². The van der Waals surface area contributed by atoms with E-state index < -0.39 is 0 Å². The minimum atomic E-state index is 1.03. The second-order valence-corrected chi connectivity index (χ2v) is 2.97. The summed E-state index contributed by atoms with van der Waals surface area (Å²) in [5, 5.41) is 3.14. The van der Waals surface area contributed by atoms with Crippen molar-refractivity contribution >= 4 is 0 Å². The zero-order valence-corrected chi connectivity index (χ0v) is 8.35. The molecule has 0 fully saturated rings. The maximum absolute atomic E-state index is 3.65. The molecule has 0 saturated heterocycles. The van der Waals surface area contributed by atoms with E-state index in [2.05, 4.69) is 31.8 Å². The molecular formula is C11H19N. The van der Waals surface area contributed by atoms with Crippen molar-refractivity contribution < 1.29 is 0 Å². The van der Waals surface area contributed by atoms with E-state index >= 15 is 0 Å². The third-order valence-electron chi connectivity index (χ3n) is 1.72. The zero-order chi connectivity index (χ0) is 9.40. The van der Waals surface area contributed by atoms with E-state index in [0.29, 0.717) is 0 Å². The summed E-state index contributed by atoms with van der Waals surface area (Å²) in [7, 11) is 1.97. The summed E-state index contributed by atoms with van der Waals surface area (Å²) >= 11 is 0. The molecule has 0 aliphatic heterocycles. The van der Waals surface area contributed by atoms with Gasteiger partial charge in [0.1, 0.15) is 0 Å². The number of rotatable bonds is 5. The van der Waals surface area contributed by atoms with Crippen LogP contribution in [-0.2, 0) is 0 Å². The van der Waals surface area contributed by atoms with Crippen molar-refractivity contribution in [1.29, 1.82) is 0 Å². The van der Waals surface area contributed by atoms with Gasteiger partial charge in [-0.2, -0.15) is 0 Å². The Morgan fingerprint density at radius 2 is 2.08 bits per heavy atom. The van der Waals surface area contributed by atoms with Gasteiger partial charge < -0.3 is 5.32 Å². The van der Waals surface area contributed by atoms with Crippen LogP contribution in [-0.4, -0.2) is 13.6 Å². The molecule has 0 spiro atoms. The number of nitrogens with one attached hydrogen (secondary N) is 1. The van der Waals surface area contributed by atoms with Gasteiger partial charge in [-0.15, -0.1) is 0 Å². The molecule has 68 valence electrons. The van der Waals surface area contributed by atoms with E-state index in [4.69, 9.17) is 0 Å². The molecule has 0 saturated carbocycles. The molecular weight excluding hydrogens is 146 g/mol. The average Bonchev–Trinajstić information content (AvgIpc) is 2.04. The van der Waals surface area contributed by atoms with Crippen LogP contribution in [0.15, 0.2) is 36.0 Å². The van der Waals surface area contributed by atoms with Crippen LogP contribution in [0, 0.1) is 0 Å². The summed E-state index contributed by atoms with van der Waals surface area (Å²) < 4.78 is 0. The van der Waals surface area contributed by atoms with E-state index in [1.54, 1.807) is 0 Å². The molecule has 1 heteroatoms. The summed E-state index contributed by atoms with van der Waals surface area (Å²) in [6.45, 7) is 8.95. The molecule has 0 unspecified atom stereocenters. The zero-order valence-electron chi connectivity index (χ0n) is 8.35. The van der Waals surface area contributed by atoms with Gasteiger partial charge in [0.2, 0.25) is 0 Å². The minimum Gasteiger partial charge on any atom is -0.319 e. The number of hydrogen-bond donors (Lipinski definition) is 1. The van der Waals surface area contributed by atoms with Crippen LogP contribution < -0.4 is 5.32 Å². The lowest BCUT2D eigenvalue weighted by Crippen LogP contribution is -2.08. The lowest BCUT2D eigenvalue weighted by molar-refractivity contribution is 0.789. The first-order valence-electron chi connectivity index (χ1n) is 4.32. The van der Waals surface area contributed by atoms with Crippen LogP contribution in [0.4, 0.5) is 0 Å². The minimum absolute atomic E-state index is 1.03. The smallest absolute Gasteiger partial charge is 0.00114 e. The Bertz CT molecular complexity index is 183. The van der Waals surface area contributed by atoms with E-state index in [1.165, 1.54) is 11.1 Å². The molecule has 1 N–H and O–H groups in total. The second-order valence-electron chi connectivity index (χ2n) is 2.97. The SMILES string of the molecule is C=C/C=C\C(CCNC)=C(C)C. The van der Waals surface area contributed by atoms with E-state index in [1.807, 2.05) is 19.2 Å². The molecule has 0 amide bonds. The summed E-state index contributed by atoms with van der Waals surface area (Å²) in [6, 6.07) is 0. The first kappa shape index (κ1) is 11.2. The maximum Gasteiger partial charge on any atom is -0.00114 e. The van der Waals surface area contributed by atoms with Gasteiger partial charge in [0, 0.05) is 0 Å². The first-order chi connectivity index (χ1) is 5.72. The molecule has 0 aromatic heterocycles. The molecule has 0 aromatic carbocycles. The van der Waals surface area contributed by atoms with Gasteiger partial charge in [0.25, 0.3) is 0 Å². The molecule has 0 heterocycles. The van der Waals surface area contributed by atoms with Gasteiger partial charge >= 0.3 is 0 Å². The highest BCUT2D eigenvalue weighted by molar-refractivity contribution is 5.25. The van der Waals surface area contributed by atoms with Crippen LogP contribution in [0.5, 0.6) is 0 Å². The van der Waals surface area contributed by atoms with Crippen LogP contribution in [0.25, 0.3) is 0 Å². The topological polar surface area (TPSA) is 12.0 Å². The Kier molecular flexibility index (Phi) is 6.39. The summed E-state index contributed by atoms with van der Waals surface area (Å²) in [5.41, 5.74) is 2.77. The number of allylic oxidation sites excluding steroid dienone is 4. The molecule has 1 nitrogen and oxygen atoms in total. The van der Waals surface area contributed by atoms with Crippen molar-refractivity contribution in [3.8, 4) is 0 Å². The first-order valence-corrected chi connectivity index (χ1v) is 4.32. The molecule has 0 aliphatic rings. The predicted octanol–water partition coefficient (Wildman–Crippen LogP) is 2.67. The molecule has 0 aromatic rings. The summed E-state index contributed by atoms with van der Waals surface area (Å²) in [5.74, 6) is 0. The van der Waals surface area contributed by atoms with E-state index in [9.17, 15) is 0 Å². The molecule has 0 atom stereocenters. The standard InChI is InChI=1S/C11H19N/c1-5-6-7-11(10(2)3)8-9-12-4/h5-7,12H,1,8-9H2,2-4H3/b7-6-. The fourth-order valence-electron chi connectivity index (χ4n) is 0.944. The fraction of sp³-hybridized carbons (Fsp3) is 0.455. The van der Waals surface area contributed by atoms with Gasteiger partial charge in [-0.25, -0.2) is 0 Å². The molecule has 0 rings (SSSR count). The van der Waals surface area contributed by atoms with Crippen molar-refractivity contribution in [3.63, 3.8) is 0 Å². The molecule has 0 radical (unpaired) electrons. The highest BCUT2D eigenvalue weighted by Gasteiger charge is 1.93. The van der Waals surface area contributed by atoms with Crippen molar-refractivity contribution in [3.05, 3.63) is 36.0 Å². The van der Waals surface area contributed by atoms with E-state index in [-0.39, 0.29) is 0 Å². The predicted molar refractivity (Wildman–Crippen MR) is 56.3 cm³/mol. The normalized spacial score (nSPS) is 10.2. The van der Waals surface area contributed by atoms with Crippen LogP contribution in [0.3, 0.4) is 0 Å². The largest absolute Gasteiger partial charge is 0.319 e.